The van der Waals surface area contributed by atoms with Crippen LogP contribution in [-0.4, -0.2) is 51.2 Å². The van der Waals surface area contributed by atoms with Gasteiger partial charge >= 0.3 is 12.1 Å². The number of fused-ring (bicyclic) bond motifs is 2. The van der Waals surface area contributed by atoms with Crippen molar-refractivity contribution in [3.63, 3.8) is 0 Å². The predicted molar refractivity (Wildman–Crippen MR) is 119 cm³/mol. The van der Waals surface area contributed by atoms with E-state index >= 15 is 0 Å². The molecule has 11 heteroatoms. The summed E-state index contributed by atoms with van der Waals surface area (Å²) in [5.74, 6) is -0.627. The number of carbonyl (C=O) groups is 1. The molecule has 2 atom stereocenters. The van der Waals surface area contributed by atoms with Gasteiger partial charge < -0.3 is 4.74 Å². The number of esters is 1. The molecule has 33 heavy (non-hydrogen) atoms. The fourth-order valence-electron chi connectivity index (χ4n) is 4.90. The molecule has 0 bridgehead atoms. The van der Waals surface area contributed by atoms with E-state index in [2.05, 4.69) is 15.0 Å². The summed E-state index contributed by atoms with van der Waals surface area (Å²) in [5, 5.41) is 5.37. The molecule has 0 spiro atoms. The van der Waals surface area contributed by atoms with Gasteiger partial charge in [-0.15, -0.1) is 11.3 Å². The summed E-state index contributed by atoms with van der Waals surface area (Å²) < 4.78 is 47.4. The van der Waals surface area contributed by atoms with Gasteiger partial charge in [-0.05, 0) is 56.3 Å². The first-order valence-electron chi connectivity index (χ1n) is 10.9. The third-order valence-electron chi connectivity index (χ3n) is 6.45. The van der Waals surface area contributed by atoms with Gasteiger partial charge in [0.1, 0.15) is 5.02 Å². The minimum Gasteiger partial charge on any atom is -0.461 e. The second-order valence-electron chi connectivity index (χ2n) is 8.50. The molecule has 2 aliphatic heterocycles. The Labute approximate surface area is 197 Å². The van der Waals surface area contributed by atoms with Gasteiger partial charge in [0.15, 0.2) is 17.0 Å². The highest BCUT2D eigenvalue weighted by atomic mass is 35.5. The Balaban J connectivity index is 1.43. The van der Waals surface area contributed by atoms with Gasteiger partial charge in [-0.3, -0.25) is 4.90 Å². The highest BCUT2D eigenvalue weighted by Crippen LogP contribution is 2.36. The number of thiophene rings is 1. The van der Waals surface area contributed by atoms with Gasteiger partial charge in [0.2, 0.25) is 0 Å². The Kier molecular flexibility index (Phi) is 6.09. The lowest BCUT2D eigenvalue weighted by atomic mass is 9.84. The Morgan fingerprint density at radius 2 is 2.06 bits per heavy atom. The first-order chi connectivity index (χ1) is 15.8. The zero-order chi connectivity index (χ0) is 23.2. The smallest absolute Gasteiger partial charge is 0.433 e. The number of ether oxygens (including phenoxy) is 1. The summed E-state index contributed by atoms with van der Waals surface area (Å²) in [6, 6.07) is 4.68. The van der Waals surface area contributed by atoms with Gasteiger partial charge in [0, 0.05) is 12.0 Å². The fraction of sp³-hybridized carbons (Fsp3) is 0.500. The first-order valence-corrected chi connectivity index (χ1v) is 12.2. The molecule has 3 aromatic rings. The van der Waals surface area contributed by atoms with E-state index in [4.69, 9.17) is 16.3 Å². The number of aromatic nitrogens is 3. The molecule has 0 amide bonds. The first kappa shape index (κ1) is 22.6. The molecule has 0 unspecified atom stereocenters. The maximum absolute atomic E-state index is 13.8. The van der Waals surface area contributed by atoms with Crippen molar-refractivity contribution in [2.45, 2.75) is 44.3 Å². The third kappa shape index (κ3) is 4.36. The lowest BCUT2D eigenvalue weighted by Gasteiger charge is -2.44. The normalized spacial score (nSPS) is 21.8. The molecule has 3 aromatic heterocycles. The van der Waals surface area contributed by atoms with Crippen molar-refractivity contribution in [1.82, 2.24) is 19.5 Å². The molecule has 2 saturated heterocycles. The van der Waals surface area contributed by atoms with E-state index in [0.29, 0.717) is 15.4 Å². The molecule has 5 rings (SSSR count). The van der Waals surface area contributed by atoms with Crippen LogP contribution in [-0.2, 0) is 10.9 Å². The molecule has 2 fully saturated rings. The number of nitrogens with zero attached hydrogens (tertiary/aromatic N) is 4. The van der Waals surface area contributed by atoms with E-state index in [9.17, 15) is 18.0 Å². The average molecular weight is 499 g/mol. The van der Waals surface area contributed by atoms with Crippen molar-refractivity contribution in [1.29, 1.82) is 0 Å². The second-order valence-corrected chi connectivity index (χ2v) is 9.83. The number of hydrogen-bond donors (Lipinski definition) is 0. The molecular formula is C22H22ClF3N4O2S. The summed E-state index contributed by atoms with van der Waals surface area (Å²) in [6.07, 6.45) is 0.692. The largest absolute Gasteiger partial charge is 0.461 e. The fourth-order valence-corrected chi connectivity index (χ4v) is 5.82. The number of halogens is 4. The lowest BCUT2D eigenvalue weighted by molar-refractivity contribution is -0.142. The van der Waals surface area contributed by atoms with E-state index in [0.717, 1.165) is 44.8 Å². The SMILES string of the molecule is O=C(OC[C@@H]1CCCN2CCCC[C@H]12)c1nn2c(C(F)(F)F)cc(-c3cccs3)nc2c1Cl. The minimum absolute atomic E-state index is 0.117. The van der Waals surface area contributed by atoms with E-state index < -0.39 is 17.8 Å². The van der Waals surface area contributed by atoms with Crippen LogP contribution in [0.15, 0.2) is 23.6 Å². The van der Waals surface area contributed by atoms with Crippen LogP contribution in [0.2, 0.25) is 5.02 Å². The number of rotatable bonds is 4. The molecule has 0 radical (unpaired) electrons. The number of carbonyl (C=O) groups excluding carboxylic acids is 1. The van der Waals surface area contributed by atoms with E-state index in [1.165, 1.54) is 17.8 Å². The van der Waals surface area contributed by atoms with Gasteiger partial charge in [-0.1, -0.05) is 24.1 Å². The van der Waals surface area contributed by atoms with Gasteiger partial charge in [-0.2, -0.15) is 18.3 Å². The Morgan fingerprint density at radius 1 is 1.24 bits per heavy atom. The second kappa shape index (κ2) is 8.88. The third-order valence-corrected chi connectivity index (χ3v) is 7.69. The minimum atomic E-state index is -4.71. The van der Waals surface area contributed by atoms with E-state index in [1.807, 2.05) is 0 Å². The van der Waals surface area contributed by atoms with E-state index in [1.54, 1.807) is 17.5 Å². The molecule has 5 heterocycles. The summed E-state index contributed by atoms with van der Waals surface area (Å²) in [7, 11) is 0. The van der Waals surface area contributed by atoms with Gasteiger partial charge in [0.05, 0.1) is 17.2 Å². The van der Waals surface area contributed by atoms with Crippen LogP contribution < -0.4 is 0 Å². The van der Waals surface area contributed by atoms with Crippen molar-refractivity contribution >= 4 is 34.6 Å². The molecular weight excluding hydrogens is 477 g/mol. The zero-order valence-electron chi connectivity index (χ0n) is 17.6. The van der Waals surface area contributed by atoms with Gasteiger partial charge in [0.25, 0.3) is 0 Å². The molecule has 2 aliphatic rings. The predicted octanol–water partition coefficient (Wildman–Crippen LogP) is 5.55. The highest BCUT2D eigenvalue weighted by molar-refractivity contribution is 7.13. The topological polar surface area (TPSA) is 59.7 Å². The van der Waals surface area contributed by atoms with Crippen LogP contribution in [0.25, 0.3) is 16.2 Å². The number of hydrogen-bond acceptors (Lipinski definition) is 6. The Hall–Kier alpha value is -2.17. The molecule has 0 aromatic carbocycles. The van der Waals surface area contributed by atoms with Crippen molar-refractivity contribution in [2.75, 3.05) is 19.7 Å². The van der Waals surface area contributed by atoms with Crippen LogP contribution in [0.1, 0.15) is 48.3 Å². The average Bonchev–Trinajstić information content (AvgIpc) is 3.45. The highest BCUT2D eigenvalue weighted by Gasteiger charge is 2.38. The summed E-state index contributed by atoms with van der Waals surface area (Å²) in [6.45, 7) is 2.32. The molecule has 0 aliphatic carbocycles. The zero-order valence-corrected chi connectivity index (χ0v) is 19.2. The van der Waals surface area contributed by atoms with Crippen LogP contribution >= 0.6 is 22.9 Å². The molecule has 6 nitrogen and oxygen atoms in total. The number of alkyl halides is 3. The Morgan fingerprint density at radius 3 is 2.82 bits per heavy atom. The standard InChI is InChI=1S/C22H22ClF3N4O2S/c23-18-19(21(31)32-12-13-5-3-9-29-8-2-1-6-15(13)29)28-30-17(22(24,25)26)11-14(27-20(18)30)16-7-4-10-33-16/h4,7,10-11,13,15H,1-3,5-6,8-9,12H2/t13-,15+/m0/s1. The van der Waals surface area contributed by atoms with Crippen LogP contribution in [0.4, 0.5) is 13.2 Å². The van der Waals surface area contributed by atoms with Crippen molar-refractivity contribution in [3.8, 4) is 10.6 Å². The summed E-state index contributed by atoms with van der Waals surface area (Å²) >= 11 is 7.58. The van der Waals surface area contributed by atoms with Gasteiger partial charge in [-0.25, -0.2) is 14.3 Å². The van der Waals surface area contributed by atoms with Crippen LogP contribution in [0.5, 0.6) is 0 Å². The molecule has 176 valence electrons. The lowest BCUT2D eigenvalue weighted by Crippen LogP contribution is -2.49. The summed E-state index contributed by atoms with van der Waals surface area (Å²) in [5.41, 5.74) is -1.51. The van der Waals surface area contributed by atoms with Crippen molar-refractivity contribution in [2.24, 2.45) is 5.92 Å². The monoisotopic (exact) mass is 498 g/mol. The quantitative estimate of drug-likeness (QED) is 0.441. The molecule has 0 saturated carbocycles. The van der Waals surface area contributed by atoms with Crippen molar-refractivity contribution < 1.29 is 22.7 Å². The Bertz CT molecular complexity index is 1160. The molecule has 0 N–H and O–H groups in total. The summed E-state index contributed by atoms with van der Waals surface area (Å²) in [4.78, 5) is 20.1. The maximum Gasteiger partial charge on any atom is 0.433 e. The van der Waals surface area contributed by atoms with Crippen LogP contribution in [0, 0.1) is 5.92 Å². The van der Waals surface area contributed by atoms with Crippen LogP contribution in [0.3, 0.4) is 0 Å². The van der Waals surface area contributed by atoms with Crippen molar-refractivity contribution in [3.05, 3.63) is 40.0 Å². The maximum atomic E-state index is 13.8. The number of piperidine rings is 2. The van der Waals surface area contributed by atoms with E-state index in [-0.39, 0.29) is 34.6 Å².